The van der Waals surface area contributed by atoms with Gasteiger partial charge in [-0.2, -0.15) is 0 Å². The summed E-state index contributed by atoms with van der Waals surface area (Å²) < 4.78 is 10.6. The van der Waals surface area contributed by atoms with Crippen LogP contribution in [0.3, 0.4) is 0 Å². The average molecular weight is 490 g/mol. The second-order valence-electron chi connectivity index (χ2n) is 8.17. The highest BCUT2D eigenvalue weighted by Crippen LogP contribution is 2.23. The van der Waals surface area contributed by atoms with Crippen molar-refractivity contribution in [2.75, 3.05) is 30.0 Å². The molecule has 8 heteroatoms. The number of nitrogens with one attached hydrogen (secondary N) is 2. The van der Waals surface area contributed by atoms with Crippen LogP contribution in [0.1, 0.15) is 31.1 Å². The van der Waals surface area contributed by atoms with Gasteiger partial charge in [0.2, 0.25) is 0 Å². The van der Waals surface area contributed by atoms with Gasteiger partial charge < -0.3 is 25.0 Å². The summed E-state index contributed by atoms with van der Waals surface area (Å²) in [6, 6.07) is 23.8. The predicted molar refractivity (Wildman–Crippen MR) is 140 cm³/mol. The molecule has 188 valence electrons. The van der Waals surface area contributed by atoms with Crippen molar-refractivity contribution >= 4 is 34.8 Å². The number of ether oxygens (including phenoxy) is 2. The number of carbonyl (C=O) groups is 3. The molecule has 3 aromatic rings. The van der Waals surface area contributed by atoms with Crippen LogP contribution in [0.5, 0.6) is 5.75 Å². The summed E-state index contributed by atoms with van der Waals surface area (Å²) in [7, 11) is 0. The zero-order chi connectivity index (χ0) is 25.9. The predicted octanol–water partition coefficient (Wildman–Crippen LogP) is 4.54. The first kappa shape index (κ1) is 26.3. The van der Waals surface area contributed by atoms with E-state index in [-0.39, 0.29) is 18.5 Å². The summed E-state index contributed by atoms with van der Waals surface area (Å²) in [6.07, 6.45) is 0. The van der Waals surface area contributed by atoms with Crippen molar-refractivity contribution in [2.45, 2.75) is 26.8 Å². The third-order valence-corrected chi connectivity index (χ3v) is 5.17. The monoisotopic (exact) mass is 489 g/mol. The quantitative estimate of drug-likeness (QED) is 0.384. The van der Waals surface area contributed by atoms with E-state index in [1.165, 1.54) is 0 Å². The molecule has 0 saturated carbocycles. The molecule has 8 nitrogen and oxygen atoms in total. The first-order chi connectivity index (χ1) is 17.4. The normalized spacial score (nSPS) is 10.4. The van der Waals surface area contributed by atoms with Gasteiger partial charge >= 0.3 is 5.97 Å². The highest BCUT2D eigenvalue weighted by molar-refractivity contribution is 5.99. The molecule has 0 atom stereocenters. The van der Waals surface area contributed by atoms with Crippen molar-refractivity contribution in [3.05, 3.63) is 84.4 Å². The summed E-state index contributed by atoms with van der Waals surface area (Å²) in [5.41, 5.74) is 2.85. The lowest BCUT2D eigenvalue weighted by Crippen LogP contribution is -2.40. The van der Waals surface area contributed by atoms with Crippen molar-refractivity contribution in [1.82, 2.24) is 5.32 Å². The van der Waals surface area contributed by atoms with Gasteiger partial charge in [0.1, 0.15) is 12.3 Å². The van der Waals surface area contributed by atoms with E-state index in [0.717, 1.165) is 11.4 Å². The molecular formula is C28H31N3O5. The van der Waals surface area contributed by atoms with Gasteiger partial charge in [-0.15, -0.1) is 0 Å². The molecule has 0 heterocycles. The van der Waals surface area contributed by atoms with Gasteiger partial charge in [-0.3, -0.25) is 14.4 Å². The Balaban J connectivity index is 1.53. The number of carbonyl (C=O) groups excluding carboxylic acids is 3. The third-order valence-electron chi connectivity index (χ3n) is 5.17. The Morgan fingerprint density at radius 3 is 2.17 bits per heavy atom. The van der Waals surface area contributed by atoms with Crippen LogP contribution in [0, 0.1) is 0 Å². The van der Waals surface area contributed by atoms with E-state index in [4.69, 9.17) is 9.47 Å². The number of hydrogen-bond donors (Lipinski definition) is 2. The van der Waals surface area contributed by atoms with Crippen molar-refractivity contribution in [1.29, 1.82) is 0 Å². The standard InChI is InChI=1S/C28H31N3O5/c1-4-35-25-13-9-8-12-24(25)28(34)29-18-27(33)36-19-26(32)31(20(2)3)23-16-14-22(15-17-23)30-21-10-6-5-7-11-21/h5-17,20,30H,4,18-19H2,1-3H3,(H,29,34). The average Bonchev–Trinajstić information content (AvgIpc) is 2.88. The zero-order valence-corrected chi connectivity index (χ0v) is 20.7. The van der Waals surface area contributed by atoms with Crippen LogP contribution >= 0.6 is 0 Å². The largest absolute Gasteiger partial charge is 0.493 e. The molecule has 36 heavy (non-hydrogen) atoms. The Labute approximate surface area is 211 Å². The van der Waals surface area contributed by atoms with Crippen molar-refractivity contribution in [3.63, 3.8) is 0 Å². The van der Waals surface area contributed by atoms with E-state index in [1.807, 2.05) is 75.4 Å². The van der Waals surface area contributed by atoms with Crippen LogP contribution < -0.4 is 20.3 Å². The third kappa shape index (κ3) is 7.33. The summed E-state index contributed by atoms with van der Waals surface area (Å²) in [5.74, 6) is -1.11. The van der Waals surface area contributed by atoms with Gasteiger partial charge in [0.25, 0.3) is 11.8 Å². The van der Waals surface area contributed by atoms with Gasteiger partial charge in [0, 0.05) is 23.1 Å². The van der Waals surface area contributed by atoms with Crippen LogP contribution in [-0.2, 0) is 14.3 Å². The SMILES string of the molecule is CCOc1ccccc1C(=O)NCC(=O)OCC(=O)N(c1ccc(Nc2ccccc2)cc1)C(C)C. The molecule has 0 spiro atoms. The van der Waals surface area contributed by atoms with E-state index in [0.29, 0.717) is 23.6 Å². The lowest BCUT2D eigenvalue weighted by Gasteiger charge is -2.27. The topological polar surface area (TPSA) is 97.0 Å². The highest BCUT2D eigenvalue weighted by Gasteiger charge is 2.21. The molecule has 2 amide bonds. The number of nitrogens with zero attached hydrogens (tertiary/aromatic N) is 1. The van der Waals surface area contributed by atoms with Crippen LogP contribution in [0.4, 0.5) is 17.1 Å². The van der Waals surface area contributed by atoms with Crippen molar-refractivity contribution in [3.8, 4) is 5.75 Å². The van der Waals surface area contributed by atoms with Crippen LogP contribution in [0.2, 0.25) is 0 Å². The maximum Gasteiger partial charge on any atom is 0.325 e. The molecule has 3 rings (SSSR count). The highest BCUT2D eigenvalue weighted by atomic mass is 16.5. The molecule has 0 bridgehead atoms. The molecule has 0 aliphatic rings. The minimum Gasteiger partial charge on any atom is -0.493 e. The fourth-order valence-electron chi connectivity index (χ4n) is 3.57. The van der Waals surface area contributed by atoms with Crippen LogP contribution in [-0.4, -0.2) is 43.6 Å². The maximum absolute atomic E-state index is 12.9. The number of para-hydroxylation sites is 2. The van der Waals surface area contributed by atoms with Gasteiger partial charge in [0.15, 0.2) is 6.61 Å². The van der Waals surface area contributed by atoms with Crippen molar-refractivity contribution < 1.29 is 23.9 Å². The first-order valence-corrected chi connectivity index (χ1v) is 11.8. The zero-order valence-electron chi connectivity index (χ0n) is 20.7. The lowest BCUT2D eigenvalue weighted by atomic mass is 10.2. The summed E-state index contributed by atoms with van der Waals surface area (Å²) in [5, 5.41) is 5.80. The molecule has 0 aliphatic heterocycles. The molecule has 3 aromatic carbocycles. The second kappa shape index (κ2) is 12.9. The number of esters is 1. The Morgan fingerprint density at radius 1 is 0.861 bits per heavy atom. The molecule has 0 fully saturated rings. The molecule has 2 N–H and O–H groups in total. The van der Waals surface area contributed by atoms with E-state index in [2.05, 4.69) is 10.6 Å². The molecular weight excluding hydrogens is 458 g/mol. The number of hydrogen-bond acceptors (Lipinski definition) is 6. The Kier molecular flexibility index (Phi) is 9.45. The summed E-state index contributed by atoms with van der Waals surface area (Å²) >= 11 is 0. The minimum absolute atomic E-state index is 0.154. The number of rotatable bonds is 11. The summed E-state index contributed by atoms with van der Waals surface area (Å²) in [4.78, 5) is 39.1. The molecule has 0 saturated heterocycles. The van der Waals surface area contributed by atoms with E-state index in [1.54, 1.807) is 29.2 Å². The minimum atomic E-state index is -0.711. The second-order valence-corrected chi connectivity index (χ2v) is 8.17. The van der Waals surface area contributed by atoms with Gasteiger partial charge in [-0.1, -0.05) is 30.3 Å². The number of amides is 2. The maximum atomic E-state index is 12.9. The van der Waals surface area contributed by atoms with E-state index in [9.17, 15) is 14.4 Å². The van der Waals surface area contributed by atoms with Crippen LogP contribution in [0.15, 0.2) is 78.9 Å². The summed E-state index contributed by atoms with van der Waals surface area (Å²) in [6.45, 7) is 5.19. The first-order valence-electron chi connectivity index (χ1n) is 11.8. The molecule has 0 aliphatic carbocycles. The van der Waals surface area contributed by atoms with Gasteiger partial charge in [-0.05, 0) is 69.3 Å². The number of anilines is 3. The Morgan fingerprint density at radius 2 is 1.50 bits per heavy atom. The Bertz CT molecular complexity index is 1160. The van der Waals surface area contributed by atoms with Gasteiger partial charge in [-0.25, -0.2) is 0 Å². The lowest BCUT2D eigenvalue weighted by molar-refractivity contribution is -0.146. The fraction of sp³-hybridized carbons (Fsp3) is 0.250. The molecule has 0 aromatic heterocycles. The Hall–Kier alpha value is -4.33. The van der Waals surface area contributed by atoms with Gasteiger partial charge in [0.05, 0.1) is 12.2 Å². The fourth-order valence-corrected chi connectivity index (χ4v) is 3.57. The van der Waals surface area contributed by atoms with Crippen LogP contribution in [0.25, 0.3) is 0 Å². The number of benzene rings is 3. The van der Waals surface area contributed by atoms with E-state index >= 15 is 0 Å². The van der Waals surface area contributed by atoms with E-state index < -0.39 is 18.5 Å². The smallest absolute Gasteiger partial charge is 0.325 e. The van der Waals surface area contributed by atoms with Crippen molar-refractivity contribution in [2.24, 2.45) is 0 Å². The molecule has 0 unspecified atom stereocenters. The molecule has 0 radical (unpaired) electrons.